The molecule has 1 aromatic carbocycles. The Morgan fingerprint density at radius 3 is 2.91 bits per heavy atom. The SMILES string of the molecule is CC1C(=O)NCCN1C(=O)c1csc(-c2ccc(F)c(F)c2)n1. The van der Waals surface area contributed by atoms with Crippen molar-refractivity contribution < 1.29 is 18.4 Å². The molecule has 1 aliphatic rings. The van der Waals surface area contributed by atoms with Crippen LogP contribution in [0.5, 0.6) is 0 Å². The monoisotopic (exact) mass is 337 g/mol. The maximum Gasteiger partial charge on any atom is 0.274 e. The molecule has 0 bridgehead atoms. The summed E-state index contributed by atoms with van der Waals surface area (Å²) in [6.45, 7) is 2.45. The average Bonchev–Trinajstić information content (AvgIpc) is 3.02. The van der Waals surface area contributed by atoms with Crippen molar-refractivity contribution in [1.29, 1.82) is 0 Å². The van der Waals surface area contributed by atoms with E-state index >= 15 is 0 Å². The summed E-state index contributed by atoms with van der Waals surface area (Å²) in [7, 11) is 0. The number of hydrogen-bond acceptors (Lipinski definition) is 4. The topological polar surface area (TPSA) is 62.3 Å². The maximum atomic E-state index is 13.3. The van der Waals surface area contributed by atoms with Gasteiger partial charge in [-0.05, 0) is 25.1 Å². The van der Waals surface area contributed by atoms with Gasteiger partial charge in [0.15, 0.2) is 11.6 Å². The zero-order chi connectivity index (χ0) is 16.6. The normalized spacial score (nSPS) is 18.0. The van der Waals surface area contributed by atoms with E-state index < -0.39 is 17.7 Å². The molecule has 0 saturated carbocycles. The van der Waals surface area contributed by atoms with E-state index in [0.717, 1.165) is 23.5 Å². The third-order valence-corrected chi connectivity index (χ3v) is 4.54. The minimum Gasteiger partial charge on any atom is -0.353 e. The number of nitrogens with zero attached hydrogens (tertiary/aromatic N) is 2. The van der Waals surface area contributed by atoms with Gasteiger partial charge in [-0.1, -0.05) is 0 Å². The lowest BCUT2D eigenvalue weighted by atomic mass is 10.2. The third-order valence-electron chi connectivity index (χ3n) is 3.65. The van der Waals surface area contributed by atoms with Gasteiger partial charge in [-0.2, -0.15) is 0 Å². The van der Waals surface area contributed by atoms with E-state index in [4.69, 9.17) is 0 Å². The Morgan fingerprint density at radius 1 is 1.39 bits per heavy atom. The molecule has 3 rings (SSSR count). The molecule has 0 aliphatic carbocycles. The number of aromatic nitrogens is 1. The molecule has 1 atom stereocenters. The van der Waals surface area contributed by atoms with Crippen LogP contribution in [0.2, 0.25) is 0 Å². The van der Waals surface area contributed by atoms with Crippen LogP contribution in [0.4, 0.5) is 8.78 Å². The van der Waals surface area contributed by atoms with Crippen LogP contribution in [-0.2, 0) is 4.79 Å². The van der Waals surface area contributed by atoms with Gasteiger partial charge in [0.2, 0.25) is 5.91 Å². The number of hydrogen-bond donors (Lipinski definition) is 1. The Hall–Kier alpha value is -2.35. The number of carbonyl (C=O) groups is 2. The fourth-order valence-corrected chi connectivity index (χ4v) is 3.13. The van der Waals surface area contributed by atoms with Gasteiger partial charge in [-0.15, -0.1) is 11.3 Å². The Bertz CT molecular complexity index is 778. The largest absolute Gasteiger partial charge is 0.353 e. The molecule has 2 aromatic rings. The molecular formula is C15H13F2N3O2S. The first kappa shape index (κ1) is 15.5. The van der Waals surface area contributed by atoms with Crippen molar-refractivity contribution in [2.45, 2.75) is 13.0 Å². The highest BCUT2D eigenvalue weighted by atomic mass is 32.1. The van der Waals surface area contributed by atoms with Crippen molar-refractivity contribution in [3.63, 3.8) is 0 Å². The van der Waals surface area contributed by atoms with Crippen LogP contribution in [0.25, 0.3) is 10.6 Å². The van der Waals surface area contributed by atoms with E-state index in [0.29, 0.717) is 23.7 Å². The number of rotatable bonds is 2. The van der Waals surface area contributed by atoms with E-state index in [2.05, 4.69) is 10.3 Å². The van der Waals surface area contributed by atoms with E-state index in [1.165, 1.54) is 11.0 Å². The zero-order valence-corrected chi connectivity index (χ0v) is 13.0. The van der Waals surface area contributed by atoms with Crippen molar-refractivity contribution >= 4 is 23.2 Å². The van der Waals surface area contributed by atoms with Gasteiger partial charge in [0.25, 0.3) is 5.91 Å². The van der Waals surface area contributed by atoms with Crippen LogP contribution in [0.15, 0.2) is 23.6 Å². The Morgan fingerprint density at radius 2 is 2.17 bits per heavy atom. The number of nitrogens with one attached hydrogen (secondary N) is 1. The summed E-state index contributed by atoms with van der Waals surface area (Å²) in [5.74, 6) is -2.46. The molecule has 1 N–H and O–H groups in total. The second-order valence-corrected chi connectivity index (χ2v) is 5.99. The molecule has 120 valence electrons. The standard InChI is InChI=1S/C15H13F2N3O2S/c1-8-13(21)18-4-5-20(8)15(22)12-7-23-14(19-12)9-2-3-10(16)11(17)6-9/h2-3,6-8H,4-5H2,1H3,(H,18,21). The maximum absolute atomic E-state index is 13.3. The van der Waals surface area contributed by atoms with Crippen molar-refractivity contribution in [2.75, 3.05) is 13.1 Å². The number of amides is 2. The van der Waals surface area contributed by atoms with E-state index in [-0.39, 0.29) is 17.5 Å². The smallest absolute Gasteiger partial charge is 0.274 e. The van der Waals surface area contributed by atoms with Crippen molar-refractivity contribution in [2.24, 2.45) is 0 Å². The molecule has 2 heterocycles. The van der Waals surface area contributed by atoms with Crippen LogP contribution in [0, 0.1) is 11.6 Å². The second kappa shape index (κ2) is 6.04. The van der Waals surface area contributed by atoms with Crippen molar-refractivity contribution in [3.05, 3.63) is 40.9 Å². The van der Waals surface area contributed by atoms with Crippen LogP contribution in [0.1, 0.15) is 17.4 Å². The van der Waals surface area contributed by atoms with Crippen LogP contribution in [0.3, 0.4) is 0 Å². The highest BCUT2D eigenvalue weighted by Crippen LogP contribution is 2.26. The molecule has 5 nitrogen and oxygen atoms in total. The average molecular weight is 337 g/mol. The number of carbonyl (C=O) groups excluding carboxylic acids is 2. The summed E-state index contributed by atoms with van der Waals surface area (Å²) >= 11 is 1.16. The lowest BCUT2D eigenvalue weighted by Gasteiger charge is -2.32. The fraction of sp³-hybridized carbons (Fsp3) is 0.267. The molecule has 1 saturated heterocycles. The molecule has 1 unspecified atom stereocenters. The molecule has 1 aliphatic heterocycles. The molecule has 0 spiro atoms. The highest BCUT2D eigenvalue weighted by Gasteiger charge is 2.31. The first-order valence-electron chi connectivity index (χ1n) is 6.97. The molecule has 2 amide bonds. The van der Waals surface area contributed by atoms with Crippen molar-refractivity contribution in [3.8, 4) is 10.6 Å². The third kappa shape index (κ3) is 2.94. The molecule has 8 heteroatoms. The Kier molecular flexibility index (Phi) is 4.08. The molecule has 1 fully saturated rings. The lowest BCUT2D eigenvalue weighted by molar-refractivity contribution is -0.127. The first-order valence-corrected chi connectivity index (χ1v) is 7.85. The number of thiazole rings is 1. The van der Waals surface area contributed by atoms with Gasteiger partial charge in [-0.25, -0.2) is 13.8 Å². The summed E-state index contributed by atoms with van der Waals surface area (Å²) in [5, 5.41) is 4.65. The Balaban J connectivity index is 1.85. The minimum absolute atomic E-state index is 0.191. The van der Waals surface area contributed by atoms with Crippen LogP contribution < -0.4 is 5.32 Å². The van der Waals surface area contributed by atoms with Crippen molar-refractivity contribution in [1.82, 2.24) is 15.2 Å². The van der Waals surface area contributed by atoms with Gasteiger partial charge in [0.1, 0.15) is 16.7 Å². The summed E-state index contributed by atoms with van der Waals surface area (Å²) in [4.78, 5) is 29.8. The summed E-state index contributed by atoms with van der Waals surface area (Å²) in [6, 6.07) is 2.90. The zero-order valence-electron chi connectivity index (χ0n) is 12.2. The quantitative estimate of drug-likeness (QED) is 0.912. The summed E-state index contributed by atoms with van der Waals surface area (Å²) in [6.07, 6.45) is 0. The summed E-state index contributed by atoms with van der Waals surface area (Å²) in [5.41, 5.74) is 0.591. The molecular weight excluding hydrogens is 324 g/mol. The predicted octanol–water partition coefficient (Wildman–Crippen LogP) is 2.05. The molecule has 1 aromatic heterocycles. The fourth-order valence-electron chi connectivity index (χ4n) is 2.34. The second-order valence-electron chi connectivity index (χ2n) is 5.13. The van der Waals surface area contributed by atoms with Crippen LogP contribution in [-0.4, -0.2) is 40.8 Å². The van der Waals surface area contributed by atoms with E-state index in [1.54, 1.807) is 12.3 Å². The number of piperazine rings is 1. The van der Waals surface area contributed by atoms with Gasteiger partial charge >= 0.3 is 0 Å². The number of benzene rings is 1. The van der Waals surface area contributed by atoms with E-state index in [1.807, 2.05) is 0 Å². The van der Waals surface area contributed by atoms with Gasteiger partial charge in [-0.3, -0.25) is 9.59 Å². The first-order chi connectivity index (χ1) is 11.0. The predicted molar refractivity (Wildman–Crippen MR) is 81.0 cm³/mol. The van der Waals surface area contributed by atoms with Gasteiger partial charge in [0.05, 0.1) is 0 Å². The van der Waals surface area contributed by atoms with Crippen LogP contribution >= 0.6 is 11.3 Å². The highest BCUT2D eigenvalue weighted by molar-refractivity contribution is 7.13. The van der Waals surface area contributed by atoms with Gasteiger partial charge in [0, 0.05) is 24.0 Å². The van der Waals surface area contributed by atoms with Gasteiger partial charge < -0.3 is 10.2 Å². The summed E-state index contributed by atoms with van der Waals surface area (Å²) < 4.78 is 26.3. The molecule has 23 heavy (non-hydrogen) atoms. The Labute approximate surface area is 134 Å². The minimum atomic E-state index is -0.966. The number of halogens is 2. The molecule has 0 radical (unpaired) electrons. The lowest BCUT2D eigenvalue weighted by Crippen LogP contribution is -2.55. The van der Waals surface area contributed by atoms with E-state index in [9.17, 15) is 18.4 Å².